The van der Waals surface area contributed by atoms with Crippen LogP contribution in [-0.4, -0.2) is 47.5 Å². The van der Waals surface area contributed by atoms with Crippen molar-refractivity contribution in [3.8, 4) is 0 Å². The third-order valence-corrected chi connectivity index (χ3v) is 5.90. The highest BCUT2D eigenvalue weighted by Gasteiger charge is 2.47. The Balaban J connectivity index is 2.28. The molecule has 1 fully saturated rings. The van der Waals surface area contributed by atoms with Gasteiger partial charge in [-0.1, -0.05) is 90.9 Å². The average Bonchev–Trinajstić information content (AvgIpc) is 2.87. The zero-order valence-electron chi connectivity index (χ0n) is 19.0. The molecule has 3 amide bonds. The number of amides is 3. The molecule has 5 nitrogen and oxygen atoms in total. The second-order valence-corrected chi connectivity index (χ2v) is 8.86. The molecule has 1 saturated heterocycles. The number of nitrogens with one attached hydrogen (secondary N) is 1. The fourth-order valence-corrected chi connectivity index (χ4v) is 3.95. The summed E-state index contributed by atoms with van der Waals surface area (Å²) in [5, 5.41) is 2.95. The van der Waals surface area contributed by atoms with Crippen LogP contribution in [0.2, 0.25) is 0 Å². The summed E-state index contributed by atoms with van der Waals surface area (Å²) in [6.07, 6.45) is 16.8. The van der Waals surface area contributed by atoms with E-state index < -0.39 is 5.54 Å². The van der Waals surface area contributed by atoms with Crippen molar-refractivity contribution in [2.75, 3.05) is 20.3 Å². The third kappa shape index (κ3) is 8.93. The van der Waals surface area contributed by atoms with E-state index in [1.807, 2.05) is 14.0 Å². The van der Waals surface area contributed by atoms with E-state index in [9.17, 15) is 9.59 Å². The van der Waals surface area contributed by atoms with Gasteiger partial charge in [0.2, 0.25) is 0 Å². The van der Waals surface area contributed by atoms with Crippen LogP contribution in [0.1, 0.15) is 111 Å². The summed E-state index contributed by atoms with van der Waals surface area (Å²) >= 11 is 0. The van der Waals surface area contributed by atoms with E-state index in [0.29, 0.717) is 6.67 Å². The Kier molecular flexibility index (Phi) is 12.4. The summed E-state index contributed by atoms with van der Waals surface area (Å²) in [6.45, 7) is 7.67. The van der Waals surface area contributed by atoms with Gasteiger partial charge in [-0.3, -0.25) is 9.69 Å². The van der Waals surface area contributed by atoms with Crippen LogP contribution in [0.3, 0.4) is 0 Å². The van der Waals surface area contributed by atoms with Crippen molar-refractivity contribution in [2.24, 2.45) is 0 Å². The van der Waals surface area contributed by atoms with E-state index in [2.05, 4.69) is 24.1 Å². The van der Waals surface area contributed by atoms with Crippen molar-refractivity contribution < 1.29 is 9.59 Å². The highest BCUT2D eigenvalue weighted by atomic mass is 16.2. The van der Waals surface area contributed by atoms with E-state index in [1.165, 1.54) is 69.1 Å². The van der Waals surface area contributed by atoms with Crippen LogP contribution in [0, 0.1) is 0 Å². The molecule has 0 spiro atoms. The molecule has 5 heteroatoms. The van der Waals surface area contributed by atoms with Gasteiger partial charge in [0.05, 0.1) is 6.67 Å². The SMILES string of the molecule is CCCCCCCCCC1(C)NC(=O)N(CN(C)CCCCCCCC)C1=O. The number of hydrogen-bond acceptors (Lipinski definition) is 3. The molecule has 164 valence electrons. The Morgan fingerprint density at radius 2 is 1.32 bits per heavy atom. The third-order valence-electron chi connectivity index (χ3n) is 5.90. The van der Waals surface area contributed by atoms with Gasteiger partial charge >= 0.3 is 6.03 Å². The fraction of sp³-hybridized carbons (Fsp3) is 0.913. The number of carbonyl (C=O) groups is 2. The number of unbranched alkanes of at least 4 members (excludes halogenated alkanes) is 11. The molecule has 1 aliphatic heterocycles. The number of rotatable bonds is 17. The molecule has 1 rings (SSSR count). The van der Waals surface area contributed by atoms with Gasteiger partial charge in [-0.2, -0.15) is 0 Å². The van der Waals surface area contributed by atoms with Crippen LogP contribution in [-0.2, 0) is 4.79 Å². The maximum Gasteiger partial charge on any atom is 0.326 e. The Bertz CT molecular complexity index is 455. The van der Waals surface area contributed by atoms with Gasteiger partial charge in [-0.05, 0) is 33.4 Å². The van der Waals surface area contributed by atoms with Crippen molar-refractivity contribution in [3.63, 3.8) is 0 Å². The Hall–Kier alpha value is -1.10. The van der Waals surface area contributed by atoms with Crippen LogP contribution < -0.4 is 5.32 Å². The first-order chi connectivity index (χ1) is 13.4. The zero-order chi connectivity index (χ0) is 20.8. The van der Waals surface area contributed by atoms with Gasteiger partial charge in [0.25, 0.3) is 5.91 Å². The van der Waals surface area contributed by atoms with Crippen LogP contribution in [0.4, 0.5) is 4.79 Å². The number of hydrogen-bond donors (Lipinski definition) is 1. The fourth-order valence-electron chi connectivity index (χ4n) is 3.95. The van der Waals surface area contributed by atoms with E-state index in [4.69, 9.17) is 0 Å². The topological polar surface area (TPSA) is 52.7 Å². The number of urea groups is 1. The Morgan fingerprint density at radius 1 is 0.821 bits per heavy atom. The lowest BCUT2D eigenvalue weighted by Gasteiger charge is -2.24. The van der Waals surface area contributed by atoms with E-state index >= 15 is 0 Å². The van der Waals surface area contributed by atoms with Crippen LogP contribution in [0.15, 0.2) is 0 Å². The predicted octanol–water partition coefficient (Wildman–Crippen LogP) is 5.69. The van der Waals surface area contributed by atoms with Gasteiger partial charge in [0.1, 0.15) is 5.54 Å². The standard InChI is InChI=1S/C23H45N3O2/c1-5-7-9-11-13-14-16-18-23(3)21(27)26(22(28)24-23)20-25(4)19-17-15-12-10-8-6-2/h5-20H2,1-4H3,(H,24,28). The van der Waals surface area contributed by atoms with Gasteiger partial charge in [0, 0.05) is 0 Å². The molecule has 0 bridgehead atoms. The predicted molar refractivity (Wildman–Crippen MR) is 117 cm³/mol. The molecule has 0 radical (unpaired) electrons. The molecular formula is C23H45N3O2. The Labute approximate surface area is 173 Å². The van der Waals surface area contributed by atoms with Gasteiger partial charge in [-0.15, -0.1) is 0 Å². The summed E-state index contributed by atoms with van der Waals surface area (Å²) in [4.78, 5) is 28.7. The monoisotopic (exact) mass is 395 g/mol. The minimum atomic E-state index is -0.721. The van der Waals surface area contributed by atoms with Crippen LogP contribution in [0.5, 0.6) is 0 Å². The smallest absolute Gasteiger partial charge is 0.323 e. The molecule has 1 unspecified atom stereocenters. The molecule has 1 heterocycles. The molecule has 0 aromatic carbocycles. The summed E-state index contributed by atoms with van der Waals surface area (Å²) < 4.78 is 0. The summed E-state index contributed by atoms with van der Waals surface area (Å²) in [5.41, 5.74) is -0.721. The van der Waals surface area contributed by atoms with Crippen molar-refractivity contribution in [1.82, 2.24) is 15.1 Å². The second-order valence-electron chi connectivity index (χ2n) is 8.86. The normalized spacial score (nSPS) is 19.7. The first-order valence-electron chi connectivity index (χ1n) is 11.8. The largest absolute Gasteiger partial charge is 0.326 e. The molecule has 1 atom stereocenters. The second kappa shape index (κ2) is 14.0. The molecule has 0 aromatic rings. The number of carbonyl (C=O) groups excluding carboxylic acids is 2. The number of nitrogens with zero attached hydrogens (tertiary/aromatic N) is 2. The molecule has 28 heavy (non-hydrogen) atoms. The van der Waals surface area contributed by atoms with E-state index in [1.54, 1.807) is 0 Å². The lowest BCUT2D eigenvalue weighted by Crippen LogP contribution is -2.45. The molecule has 0 saturated carbocycles. The molecule has 1 aliphatic rings. The Morgan fingerprint density at radius 3 is 1.89 bits per heavy atom. The summed E-state index contributed by atoms with van der Waals surface area (Å²) in [7, 11) is 2.00. The van der Waals surface area contributed by atoms with Crippen molar-refractivity contribution >= 4 is 11.9 Å². The van der Waals surface area contributed by atoms with Crippen LogP contribution in [0.25, 0.3) is 0 Å². The highest BCUT2D eigenvalue weighted by Crippen LogP contribution is 2.24. The molecular weight excluding hydrogens is 350 g/mol. The maximum atomic E-state index is 12.8. The van der Waals surface area contributed by atoms with Crippen molar-refractivity contribution in [2.45, 2.75) is 116 Å². The first kappa shape index (κ1) is 24.9. The molecule has 0 aromatic heterocycles. The lowest BCUT2D eigenvalue weighted by atomic mass is 9.94. The summed E-state index contributed by atoms with van der Waals surface area (Å²) in [5.74, 6) is -0.0571. The maximum absolute atomic E-state index is 12.8. The average molecular weight is 396 g/mol. The van der Waals surface area contributed by atoms with Gasteiger partial charge < -0.3 is 5.32 Å². The molecule has 1 N–H and O–H groups in total. The van der Waals surface area contributed by atoms with Gasteiger partial charge in [-0.25, -0.2) is 9.69 Å². The van der Waals surface area contributed by atoms with Crippen molar-refractivity contribution in [3.05, 3.63) is 0 Å². The van der Waals surface area contributed by atoms with E-state index in [-0.39, 0.29) is 11.9 Å². The van der Waals surface area contributed by atoms with Crippen LogP contribution >= 0.6 is 0 Å². The van der Waals surface area contributed by atoms with Gasteiger partial charge in [0.15, 0.2) is 0 Å². The van der Waals surface area contributed by atoms with E-state index in [0.717, 1.165) is 32.2 Å². The highest BCUT2D eigenvalue weighted by molar-refractivity contribution is 6.06. The minimum absolute atomic E-state index is 0.0571. The first-order valence-corrected chi connectivity index (χ1v) is 11.8. The van der Waals surface area contributed by atoms with Crippen molar-refractivity contribution in [1.29, 1.82) is 0 Å². The zero-order valence-corrected chi connectivity index (χ0v) is 19.0. The molecule has 0 aliphatic carbocycles. The summed E-state index contributed by atoms with van der Waals surface area (Å²) in [6, 6.07) is -0.231. The number of imide groups is 1. The lowest BCUT2D eigenvalue weighted by molar-refractivity contribution is -0.132. The minimum Gasteiger partial charge on any atom is -0.323 e. The quantitative estimate of drug-likeness (QED) is 0.254.